The molecule has 0 fully saturated rings. The number of carbonyl (C=O) groups excluding carboxylic acids is 1. The zero-order valence-corrected chi connectivity index (χ0v) is 16.2. The number of hydrogen-bond donors (Lipinski definition) is 1. The van der Waals surface area contributed by atoms with Gasteiger partial charge in [0.05, 0.1) is 11.0 Å². The highest BCUT2D eigenvalue weighted by molar-refractivity contribution is 5.86. The zero-order valence-electron chi connectivity index (χ0n) is 16.2. The van der Waals surface area contributed by atoms with Gasteiger partial charge in [-0.2, -0.15) is 0 Å². The molecule has 1 heterocycles. The highest BCUT2D eigenvalue weighted by Gasteiger charge is 2.12. The second kappa shape index (κ2) is 8.26. The summed E-state index contributed by atoms with van der Waals surface area (Å²) in [7, 11) is 0. The fourth-order valence-electron chi connectivity index (χ4n) is 3.69. The van der Waals surface area contributed by atoms with Crippen molar-refractivity contribution < 1.29 is 4.79 Å². The summed E-state index contributed by atoms with van der Waals surface area (Å²) in [6.45, 7) is 3.35. The number of benzene rings is 3. The average Bonchev–Trinajstić information content (AvgIpc) is 3.08. The van der Waals surface area contributed by atoms with E-state index in [1.807, 2.05) is 13.0 Å². The molecule has 4 heteroatoms. The summed E-state index contributed by atoms with van der Waals surface area (Å²) in [4.78, 5) is 16.3. The van der Waals surface area contributed by atoms with E-state index in [0.29, 0.717) is 13.0 Å². The van der Waals surface area contributed by atoms with Gasteiger partial charge in [-0.3, -0.25) is 4.79 Å². The Morgan fingerprint density at radius 1 is 1.00 bits per heavy atom. The molecule has 0 aliphatic rings. The third-order valence-corrected chi connectivity index (χ3v) is 5.16. The third-order valence-electron chi connectivity index (χ3n) is 5.16. The Bertz CT molecular complexity index is 1110. The fraction of sp³-hybridized carbons (Fsp3) is 0.250. The molecule has 28 heavy (non-hydrogen) atoms. The maximum absolute atomic E-state index is 11.5. The first-order valence-corrected chi connectivity index (χ1v) is 9.93. The molecule has 0 bridgehead atoms. The predicted molar refractivity (Wildman–Crippen MR) is 114 cm³/mol. The Kier molecular flexibility index (Phi) is 5.38. The lowest BCUT2D eigenvalue weighted by Gasteiger charge is -2.12. The standard InChI is InChI=1S/C24H25N3O/c1-2-24(28)25-16-8-15-23-26-21-13-5-6-14-22(21)27(23)17-19-11-7-10-18-9-3-4-12-20(18)19/h3-7,9-14H,2,8,15-17H2,1H3,(H,25,28). The predicted octanol–water partition coefficient (Wildman–Crippen LogP) is 4.70. The zero-order chi connectivity index (χ0) is 19.3. The second-order valence-corrected chi connectivity index (χ2v) is 7.05. The Balaban J connectivity index is 1.64. The van der Waals surface area contributed by atoms with Crippen molar-refractivity contribution in [1.82, 2.24) is 14.9 Å². The first kappa shape index (κ1) is 18.2. The van der Waals surface area contributed by atoms with Gasteiger partial charge in [0.15, 0.2) is 0 Å². The number of para-hydroxylation sites is 2. The number of imidazole rings is 1. The van der Waals surface area contributed by atoms with E-state index in [1.165, 1.54) is 16.3 Å². The highest BCUT2D eigenvalue weighted by atomic mass is 16.1. The molecular formula is C24H25N3O. The molecule has 1 aromatic heterocycles. The first-order valence-electron chi connectivity index (χ1n) is 9.93. The van der Waals surface area contributed by atoms with Crippen molar-refractivity contribution in [3.8, 4) is 0 Å². The monoisotopic (exact) mass is 371 g/mol. The molecule has 0 saturated carbocycles. The van der Waals surface area contributed by atoms with Crippen LogP contribution in [0.1, 0.15) is 31.2 Å². The molecule has 142 valence electrons. The van der Waals surface area contributed by atoms with E-state index in [1.54, 1.807) is 0 Å². The molecule has 0 unspecified atom stereocenters. The minimum absolute atomic E-state index is 0.101. The van der Waals surface area contributed by atoms with Crippen molar-refractivity contribution in [3.05, 3.63) is 78.1 Å². The van der Waals surface area contributed by atoms with Gasteiger partial charge in [-0.15, -0.1) is 0 Å². The van der Waals surface area contributed by atoms with Crippen LogP contribution in [0.15, 0.2) is 66.7 Å². The molecule has 1 amide bonds. The summed E-state index contributed by atoms with van der Waals surface area (Å²) in [5.74, 6) is 1.17. The maximum atomic E-state index is 11.5. The van der Waals surface area contributed by atoms with E-state index in [4.69, 9.17) is 4.98 Å². The normalized spacial score (nSPS) is 11.2. The summed E-state index contributed by atoms with van der Waals surface area (Å²) in [6.07, 6.45) is 2.24. The summed E-state index contributed by atoms with van der Waals surface area (Å²) >= 11 is 0. The summed E-state index contributed by atoms with van der Waals surface area (Å²) in [5.41, 5.74) is 3.47. The lowest BCUT2D eigenvalue weighted by molar-refractivity contribution is -0.120. The number of amides is 1. The smallest absolute Gasteiger partial charge is 0.219 e. The van der Waals surface area contributed by atoms with Crippen LogP contribution in [0, 0.1) is 0 Å². The van der Waals surface area contributed by atoms with E-state index in [9.17, 15) is 4.79 Å². The third kappa shape index (κ3) is 3.77. The Morgan fingerprint density at radius 3 is 2.68 bits per heavy atom. The second-order valence-electron chi connectivity index (χ2n) is 7.05. The summed E-state index contributed by atoms with van der Waals surface area (Å²) in [6, 6.07) is 23.3. The van der Waals surface area contributed by atoms with Gasteiger partial charge >= 0.3 is 0 Å². The summed E-state index contributed by atoms with van der Waals surface area (Å²) < 4.78 is 2.32. The van der Waals surface area contributed by atoms with Gasteiger partial charge in [0.2, 0.25) is 5.91 Å². The molecule has 3 aromatic carbocycles. The number of carbonyl (C=O) groups is 1. The fourth-order valence-corrected chi connectivity index (χ4v) is 3.69. The molecule has 0 aliphatic heterocycles. The van der Waals surface area contributed by atoms with Crippen molar-refractivity contribution in [2.75, 3.05) is 6.54 Å². The minimum Gasteiger partial charge on any atom is -0.356 e. The van der Waals surface area contributed by atoms with E-state index >= 15 is 0 Å². The molecular weight excluding hydrogens is 346 g/mol. The molecule has 4 aromatic rings. The van der Waals surface area contributed by atoms with Crippen LogP contribution in [0.4, 0.5) is 0 Å². The molecule has 0 atom stereocenters. The van der Waals surface area contributed by atoms with Crippen molar-refractivity contribution in [1.29, 1.82) is 0 Å². The molecule has 0 radical (unpaired) electrons. The van der Waals surface area contributed by atoms with Crippen LogP contribution < -0.4 is 5.32 Å². The lowest BCUT2D eigenvalue weighted by atomic mass is 10.0. The van der Waals surface area contributed by atoms with Crippen molar-refractivity contribution in [3.63, 3.8) is 0 Å². The van der Waals surface area contributed by atoms with E-state index in [2.05, 4.69) is 70.5 Å². The summed E-state index contributed by atoms with van der Waals surface area (Å²) in [5, 5.41) is 5.49. The van der Waals surface area contributed by atoms with Crippen molar-refractivity contribution >= 4 is 27.7 Å². The number of aryl methyl sites for hydroxylation is 1. The van der Waals surface area contributed by atoms with Crippen LogP contribution in [0.3, 0.4) is 0 Å². The van der Waals surface area contributed by atoms with Crippen LogP contribution in [0.25, 0.3) is 21.8 Å². The number of aromatic nitrogens is 2. The van der Waals surface area contributed by atoms with Crippen molar-refractivity contribution in [2.24, 2.45) is 0 Å². The maximum Gasteiger partial charge on any atom is 0.219 e. The van der Waals surface area contributed by atoms with Crippen LogP contribution in [-0.2, 0) is 17.8 Å². The van der Waals surface area contributed by atoms with E-state index in [-0.39, 0.29) is 5.91 Å². The van der Waals surface area contributed by atoms with Crippen LogP contribution in [0.2, 0.25) is 0 Å². The molecule has 0 aliphatic carbocycles. The average molecular weight is 371 g/mol. The van der Waals surface area contributed by atoms with Crippen LogP contribution >= 0.6 is 0 Å². The first-order chi connectivity index (χ1) is 13.8. The van der Waals surface area contributed by atoms with Crippen LogP contribution in [0.5, 0.6) is 0 Å². The molecule has 4 nitrogen and oxygen atoms in total. The van der Waals surface area contributed by atoms with Gasteiger partial charge in [0, 0.05) is 25.9 Å². The molecule has 0 spiro atoms. The van der Waals surface area contributed by atoms with Gasteiger partial charge in [0.1, 0.15) is 5.82 Å². The van der Waals surface area contributed by atoms with Gasteiger partial charge in [-0.25, -0.2) is 4.98 Å². The van der Waals surface area contributed by atoms with Gasteiger partial charge in [-0.05, 0) is 34.9 Å². The van der Waals surface area contributed by atoms with E-state index in [0.717, 1.165) is 36.2 Å². The number of fused-ring (bicyclic) bond motifs is 2. The van der Waals surface area contributed by atoms with Crippen molar-refractivity contribution in [2.45, 2.75) is 32.7 Å². The highest BCUT2D eigenvalue weighted by Crippen LogP contribution is 2.23. The Labute approximate surface area is 165 Å². The Hall–Kier alpha value is -3.14. The number of nitrogens with zero attached hydrogens (tertiary/aromatic N) is 2. The number of hydrogen-bond acceptors (Lipinski definition) is 2. The van der Waals surface area contributed by atoms with Gasteiger partial charge in [-0.1, -0.05) is 61.5 Å². The molecule has 1 N–H and O–H groups in total. The quantitative estimate of drug-likeness (QED) is 0.479. The molecule has 4 rings (SSSR count). The SMILES string of the molecule is CCC(=O)NCCCc1nc2ccccc2n1Cc1cccc2ccccc12. The van der Waals surface area contributed by atoms with E-state index < -0.39 is 0 Å². The Morgan fingerprint density at radius 2 is 1.79 bits per heavy atom. The number of rotatable bonds is 7. The van der Waals surface area contributed by atoms with Gasteiger partial charge in [0.25, 0.3) is 0 Å². The largest absolute Gasteiger partial charge is 0.356 e. The van der Waals surface area contributed by atoms with Crippen LogP contribution in [-0.4, -0.2) is 22.0 Å². The number of nitrogens with one attached hydrogen (secondary N) is 1. The lowest BCUT2D eigenvalue weighted by Crippen LogP contribution is -2.23. The minimum atomic E-state index is 0.101. The topological polar surface area (TPSA) is 46.9 Å². The van der Waals surface area contributed by atoms with Gasteiger partial charge < -0.3 is 9.88 Å². The molecule has 0 saturated heterocycles.